The van der Waals surface area contributed by atoms with Crippen molar-refractivity contribution in [1.29, 1.82) is 0 Å². The zero-order chi connectivity index (χ0) is 18.8. The average molecular weight is 427 g/mol. The Morgan fingerprint density at radius 2 is 1.78 bits per heavy atom. The van der Waals surface area contributed by atoms with Crippen molar-refractivity contribution in [1.82, 2.24) is 0 Å². The highest BCUT2D eigenvalue weighted by Crippen LogP contribution is 2.27. The molecule has 3 aromatic rings. The van der Waals surface area contributed by atoms with Crippen LogP contribution >= 0.6 is 15.9 Å². The van der Waals surface area contributed by atoms with E-state index in [4.69, 9.17) is 9.15 Å². The molecule has 138 valence electrons. The molecular formula is C22H19BrO4. The lowest BCUT2D eigenvalue weighted by atomic mass is 9.89. The van der Waals surface area contributed by atoms with Gasteiger partial charge in [-0.2, -0.15) is 0 Å². The predicted molar refractivity (Wildman–Crippen MR) is 108 cm³/mol. The van der Waals surface area contributed by atoms with Crippen LogP contribution in [0.25, 0.3) is 22.1 Å². The van der Waals surface area contributed by atoms with Gasteiger partial charge in [0, 0.05) is 10.5 Å². The average Bonchev–Trinajstić information content (AvgIpc) is 2.70. The van der Waals surface area contributed by atoms with Gasteiger partial charge in [-0.25, -0.2) is 0 Å². The highest BCUT2D eigenvalue weighted by Gasteiger charge is 2.23. The summed E-state index contributed by atoms with van der Waals surface area (Å²) in [4.78, 5) is 25.1. The first-order valence-electron chi connectivity index (χ1n) is 9.15. The van der Waals surface area contributed by atoms with Crippen molar-refractivity contribution < 1.29 is 13.9 Å². The zero-order valence-corrected chi connectivity index (χ0v) is 16.3. The monoisotopic (exact) mass is 426 g/mol. The maximum atomic E-state index is 12.8. The van der Waals surface area contributed by atoms with Crippen molar-refractivity contribution in [3.05, 3.63) is 63.4 Å². The van der Waals surface area contributed by atoms with E-state index in [1.54, 1.807) is 18.2 Å². The molecule has 27 heavy (non-hydrogen) atoms. The lowest BCUT2D eigenvalue weighted by Crippen LogP contribution is -2.22. The fraction of sp³-hybridized carbons (Fsp3) is 0.273. The largest absolute Gasteiger partial charge is 0.463 e. The highest BCUT2D eigenvalue weighted by molar-refractivity contribution is 9.10. The molecule has 0 amide bonds. The molecule has 0 N–H and O–H groups in total. The van der Waals surface area contributed by atoms with Crippen LogP contribution in [0.15, 0.2) is 62.4 Å². The number of benzene rings is 2. The second kappa shape index (κ2) is 7.69. The number of rotatable bonds is 3. The summed E-state index contributed by atoms with van der Waals surface area (Å²) in [6.45, 7) is 0. The van der Waals surface area contributed by atoms with Crippen LogP contribution in [-0.4, -0.2) is 5.97 Å². The molecule has 4 rings (SSSR count). The van der Waals surface area contributed by atoms with E-state index < -0.39 is 0 Å². The summed E-state index contributed by atoms with van der Waals surface area (Å²) in [5, 5.41) is 0.466. The second-order valence-electron chi connectivity index (χ2n) is 6.90. The standard InChI is InChI=1S/C22H19BrO4/c23-16-8-6-14(7-9-16)19-13-26-20-12-17(10-11-18(20)21(19)24)27-22(25)15-4-2-1-3-5-15/h6-13,15H,1-5H2. The lowest BCUT2D eigenvalue weighted by molar-refractivity contribution is -0.139. The predicted octanol–water partition coefficient (Wildman–Crippen LogP) is 5.71. The molecule has 1 heterocycles. The number of hydrogen-bond donors (Lipinski definition) is 0. The number of hydrogen-bond acceptors (Lipinski definition) is 4. The quantitative estimate of drug-likeness (QED) is 0.397. The number of esters is 1. The molecule has 4 nitrogen and oxygen atoms in total. The van der Waals surface area contributed by atoms with Crippen molar-refractivity contribution in [3.8, 4) is 16.9 Å². The van der Waals surface area contributed by atoms with E-state index in [1.165, 1.54) is 12.7 Å². The Hall–Kier alpha value is -2.40. The van der Waals surface area contributed by atoms with E-state index >= 15 is 0 Å². The number of ether oxygens (including phenoxy) is 1. The van der Waals surface area contributed by atoms with E-state index in [2.05, 4.69) is 15.9 Å². The Bertz CT molecular complexity index is 1030. The second-order valence-corrected chi connectivity index (χ2v) is 7.82. The van der Waals surface area contributed by atoms with E-state index in [9.17, 15) is 9.59 Å². The first-order chi connectivity index (χ1) is 13.1. The maximum absolute atomic E-state index is 12.8. The van der Waals surface area contributed by atoms with Gasteiger partial charge in [-0.05, 0) is 42.7 Å². The van der Waals surface area contributed by atoms with Crippen LogP contribution in [0.3, 0.4) is 0 Å². The van der Waals surface area contributed by atoms with Crippen molar-refractivity contribution in [2.24, 2.45) is 5.92 Å². The third-order valence-corrected chi connectivity index (χ3v) is 5.59. The van der Waals surface area contributed by atoms with Crippen LogP contribution in [0.2, 0.25) is 0 Å². The molecule has 1 saturated carbocycles. The summed E-state index contributed by atoms with van der Waals surface area (Å²) < 4.78 is 12.1. The van der Waals surface area contributed by atoms with Gasteiger partial charge in [0.1, 0.15) is 17.6 Å². The first-order valence-corrected chi connectivity index (χ1v) is 9.94. The van der Waals surface area contributed by atoms with Gasteiger partial charge in [-0.15, -0.1) is 0 Å². The summed E-state index contributed by atoms with van der Waals surface area (Å²) in [6, 6.07) is 12.4. The van der Waals surface area contributed by atoms with Crippen LogP contribution in [0.5, 0.6) is 5.75 Å². The van der Waals surface area contributed by atoms with Crippen LogP contribution in [0.1, 0.15) is 32.1 Å². The normalized spacial score (nSPS) is 15.0. The van der Waals surface area contributed by atoms with Gasteiger partial charge >= 0.3 is 5.97 Å². The van der Waals surface area contributed by atoms with E-state index in [1.807, 2.05) is 24.3 Å². The maximum Gasteiger partial charge on any atom is 0.314 e. The zero-order valence-electron chi connectivity index (χ0n) is 14.7. The van der Waals surface area contributed by atoms with Crippen molar-refractivity contribution in [3.63, 3.8) is 0 Å². The third-order valence-electron chi connectivity index (χ3n) is 5.06. The molecule has 2 aromatic carbocycles. The van der Waals surface area contributed by atoms with E-state index in [-0.39, 0.29) is 17.3 Å². The minimum atomic E-state index is -0.192. The highest BCUT2D eigenvalue weighted by atomic mass is 79.9. The molecular weight excluding hydrogens is 408 g/mol. The fourth-order valence-corrected chi connectivity index (χ4v) is 3.80. The SMILES string of the molecule is O=C(Oc1ccc2c(=O)c(-c3ccc(Br)cc3)coc2c1)C1CCCCC1. The minimum Gasteiger partial charge on any atom is -0.463 e. The van der Waals surface area contributed by atoms with Crippen LogP contribution in [0, 0.1) is 5.92 Å². The topological polar surface area (TPSA) is 56.5 Å². The Kier molecular flexibility index (Phi) is 5.12. The van der Waals surface area contributed by atoms with Crippen molar-refractivity contribution in [2.45, 2.75) is 32.1 Å². The van der Waals surface area contributed by atoms with Gasteiger partial charge in [0.05, 0.1) is 16.9 Å². The first kappa shape index (κ1) is 18.0. The smallest absolute Gasteiger partial charge is 0.314 e. The molecule has 0 spiro atoms. The van der Waals surface area contributed by atoms with Gasteiger partial charge in [0.15, 0.2) is 5.43 Å². The minimum absolute atomic E-state index is 0.0266. The molecule has 1 fully saturated rings. The van der Waals surface area contributed by atoms with Gasteiger partial charge < -0.3 is 9.15 Å². The van der Waals surface area contributed by atoms with Crippen molar-refractivity contribution in [2.75, 3.05) is 0 Å². The Labute approximate surface area is 165 Å². The molecule has 0 atom stereocenters. The molecule has 1 aliphatic rings. The molecule has 0 unspecified atom stereocenters. The van der Waals surface area contributed by atoms with Crippen LogP contribution in [-0.2, 0) is 4.79 Å². The Morgan fingerprint density at radius 3 is 2.52 bits per heavy atom. The van der Waals surface area contributed by atoms with E-state index in [0.717, 1.165) is 35.7 Å². The van der Waals surface area contributed by atoms with Gasteiger partial charge in [0.2, 0.25) is 0 Å². The summed E-state index contributed by atoms with van der Waals surface area (Å²) in [6.07, 6.45) is 6.57. The third kappa shape index (κ3) is 3.83. The van der Waals surface area contributed by atoms with Crippen LogP contribution < -0.4 is 10.2 Å². The molecule has 0 radical (unpaired) electrons. The fourth-order valence-electron chi connectivity index (χ4n) is 3.54. The number of halogens is 1. The van der Waals surface area contributed by atoms with Crippen LogP contribution in [0.4, 0.5) is 0 Å². The summed E-state index contributed by atoms with van der Waals surface area (Å²) in [7, 11) is 0. The van der Waals surface area contributed by atoms with E-state index in [0.29, 0.717) is 22.3 Å². The Morgan fingerprint density at radius 1 is 1.04 bits per heavy atom. The van der Waals surface area contributed by atoms with Gasteiger partial charge in [-0.1, -0.05) is 47.3 Å². The van der Waals surface area contributed by atoms with Gasteiger partial charge in [0.25, 0.3) is 0 Å². The molecule has 5 heteroatoms. The number of fused-ring (bicyclic) bond motifs is 1. The van der Waals surface area contributed by atoms with Gasteiger partial charge in [-0.3, -0.25) is 9.59 Å². The summed E-state index contributed by atoms with van der Waals surface area (Å²) >= 11 is 3.39. The molecule has 0 aliphatic heterocycles. The number of carbonyl (C=O) groups excluding carboxylic acids is 1. The molecule has 0 saturated heterocycles. The summed E-state index contributed by atoms with van der Waals surface area (Å²) in [5.74, 6) is 0.196. The lowest BCUT2D eigenvalue weighted by Gasteiger charge is -2.19. The molecule has 1 aromatic heterocycles. The summed E-state index contributed by atoms with van der Waals surface area (Å²) in [5.41, 5.74) is 1.60. The molecule has 1 aliphatic carbocycles. The molecule has 0 bridgehead atoms. The van der Waals surface area contributed by atoms with Crippen molar-refractivity contribution >= 4 is 32.9 Å². The Balaban J connectivity index is 1.62. The number of carbonyl (C=O) groups is 1.